The van der Waals surface area contributed by atoms with Crippen molar-refractivity contribution < 1.29 is 0 Å². The first kappa shape index (κ1) is 11.5. The number of hydrogen-bond donors (Lipinski definition) is 1. The quantitative estimate of drug-likeness (QED) is 0.891. The molecule has 0 amide bonds. The first-order valence-corrected chi connectivity index (χ1v) is 6.87. The molecule has 2 aromatic rings. The fourth-order valence-electron chi connectivity index (χ4n) is 1.19. The van der Waals surface area contributed by atoms with Gasteiger partial charge in [0.2, 0.25) is 5.13 Å². The number of nitrogens with zero attached hydrogens (tertiary/aromatic N) is 3. The van der Waals surface area contributed by atoms with Gasteiger partial charge in [0, 0.05) is 42.0 Å². The van der Waals surface area contributed by atoms with E-state index in [2.05, 4.69) is 33.5 Å². The van der Waals surface area contributed by atoms with Crippen LogP contribution in [-0.2, 0) is 6.42 Å². The molecule has 2 rings (SSSR count). The predicted molar refractivity (Wildman–Crippen MR) is 68.3 cm³/mol. The predicted octanol–water partition coefficient (Wildman–Crippen LogP) is 2.77. The second-order valence-electron chi connectivity index (χ2n) is 3.72. The van der Waals surface area contributed by atoms with Gasteiger partial charge in [-0.25, -0.2) is 9.97 Å². The lowest BCUT2D eigenvalue weighted by Gasteiger charge is -1.99. The van der Waals surface area contributed by atoms with Gasteiger partial charge in [0.05, 0.1) is 5.01 Å². The SMILES string of the molecule is CC(C)c1nsc(NCCc2nccs2)n1. The van der Waals surface area contributed by atoms with Crippen molar-refractivity contribution in [1.82, 2.24) is 14.3 Å². The molecule has 0 spiro atoms. The molecule has 0 atom stereocenters. The summed E-state index contributed by atoms with van der Waals surface area (Å²) in [4.78, 5) is 8.63. The first-order valence-electron chi connectivity index (χ1n) is 5.21. The lowest BCUT2D eigenvalue weighted by Crippen LogP contribution is -2.04. The fraction of sp³-hybridized carbons (Fsp3) is 0.500. The van der Waals surface area contributed by atoms with Gasteiger partial charge in [0.15, 0.2) is 0 Å². The number of rotatable bonds is 5. The van der Waals surface area contributed by atoms with Crippen molar-refractivity contribution in [2.24, 2.45) is 0 Å². The van der Waals surface area contributed by atoms with E-state index in [-0.39, 0.29) is 0 Å². The first-order chi connectivity index (χ1) is 7.75. The molecule has 0 fully saturated rings. The molecule has 0 aliphatic rings. The minimum atomic E-state index is 0.394. The third-order valence-corrected chi connectivity index (χ3v) is 3.58. The van der Waals surface area contributed by atoms with Crippen molar-refractivity contribution in [3.8, 4) is 0 Å². The molecule has 0 aromatic carbocycles. The zero-order chi connectivity index (χ0) is 11.4. The van der Waals surface area contributed by atoms with Gasteiger partial charge in [-0.2, -0.15) is 4.37 Å². The fourth-order valence-corrected chi connectivity index (χ4v) is 2.55. The smallest absolute Gasteiger partial charge is 0.202 e. The van der Waals surface area contributed by atoms with Crippen LogP contribution in [0.5, 0.6) is 0 Å². The van der Waals surface area contributed by atoms with Crippen molar-refractivity contribution in [1.29, 1.82) is 0 Å². The standard InChI is InChI=1S/C10H14N4S2/c1-7(2)9-13-10(16-14-9)12-4-3-8-11-5-6-15-8/h5-7H,3-4H2,1-2H3,(H,12,13,14). The largest absolute Gasteiger partial charge is 0.360 e. The van der Waals surface area contributed by atoms with Gasteiger partial charge in [-0.3, -0.25) is 0 Å². The van der Waals surface area contributed by atoms with E-state index in [0.29, 0.717) is 5.92 Å². The molecule has 4 nitrogen and oxygen atoms in total. The maximum Gasteiger partial charge on any atom is 0.202 e. The molecule has 0 aliphatic carbocycles. The van der Waals surface area contributed by atoms with Crippen LogP contribution in [0.2, 0.25) is 0 Å². The van der Waals surface area contributed by atoms with E-state index in [1.54, 1.807) is 11.3 Å². The van der Waals surface area contributed by atoms with Crippen LogP contribution in [0.25, 0.3) is 0 Å². The van der Waals surface area contributed by atoms with Crippen LogP contribution in [0, 0.1) is 0 Å². The van der Waals surface area contributed by atoms with Crippen LogP contribution in [0.1, 0.15) is 30.6 Å². The highest BCUT2D eigenvalue weighted by Crippen LogP contribution is 2.17. The van der Waals surface area contributed by atoms with Gasteiger partial charge in [-0.05, 0) is 0 Å². The van der Waals surface area contributed by atoms with Crippen molar-refractivity contribution in [2.75, 3.05) is 11.9 Å². The van der Waals surface area contributed by atoms with Crippen molar-refractivity contribution in [3.05, 3.63) is 22.4 Å². The molecule has 0 unspecified atom stereocenters. The van der Waals surface area contributed by atoms with E-state index in [0.717, 1.165) is 28.9 Å². The van der Waals surface area contributed by atoms with Gasteiger partial charge >= 0.3 is 0 Å². The van der Waals surface area contributed by atoms with Crippen LogP contribution < -0.4 is 5.32 Å². The average molecular weight is 254 g/mol. The molecule has 6 heteroatoms. The van der Waals surface area contributed by atoms with Gasteiger partial charge in [0.25, 0.3) is 0 Å². The van der Waals surface area contributed by atoms with Gasteiger partial charge in [0.1, 0.15) is 5.82 Å². The number of aromatic nitrogens is 3. The van der Waals surface area contributed by atoms with Crippen LogP contribution in [0.4, 0.5) is 5.13 Å². The van der Waals surface area contributed by atoms with E-state index < -0.39 is 0 Å². The molecule has 0 aliphatic heterocycles. The zero-order valence-electron chi connectivity index (χ0n) is 9.30. The third kappa shape index (κ3) is 2.99. The zero-order valence-corrected chi connectivity index (χ0v) is 10.9. The van der Waals surface area contributed by atoms with Crippen LogP contribution in [0.3, 0.4) is 0 Å². The number of nitrogens with one attached hydrogen (secondary N) is 1. The number of thiazole rings is 1. The van der Waals surface area contributed by atoms with Crippen LogP contribution >= 0.6 is 22.9 Å². The summed E-state index contributed by atoms with van der Waals surface area (Å²) in [5.74, 6) is 1.31. The molecule has 2 aromatic heterocycles. The van der Waals surface area contributed by atoms with Gasteiger partial charge in [-0.1, -0.05) is 13.8 Å². The maximum absolute atomic E-state index is 4.41. The molecular weight excluding hydrogens is 240 g/mol. The Labute approximate surface area is 103 Å². The molecule has 1 N–H and O–H groups in total. The Bertz CT molecular complexity index is 422. The second kappa shape index (κ2) is 5.36. The molecule has 0 bridgehead atoms. The lowest BCUT2D eigenvalue weighted by molar-refractivity contribution is 0.799. The van der Waals surface area contributed by atoms with E-state index in [1.807, 2.05) is 11.6 Å². The molecule has 16 heavy (non-hydrogen) atoms. The Morgan fingerprint density at radius 1 is 1.44 bits per heavy atom. The summed E-state index contributed by atoms with van der Waals surface area (Å²) in [7, 11) is 0. The highest BCUT2D eigenvalue weighted by molar-refractivity contribution is 7.09. The molecule has 0 saturated heterocycles. The Balaban J connectivity index is 1.81. The van der Waals surface area contributed by atoms with E-state index in [1.165, 1.54) is 11.5 Å². The van der Waals surface area contributed by atoms with E-state index >= 15 is 0 Å². The normalized spacial score (nSPS) is 10.9. The van der Waals surface area contributed by atoms with Crippen molar-refractivity contribution >= 4 is 28.0 Å². The summed E-state index contributed by atoms with van der Waals surface area (Å²) in [6, 6.07) is 0. The molecule has 0 saturated carbocycles. The van der Waals surface area contributed by atoms with Crippen LogP contribution in [0.15, 0.2) is 11.6 Å². The summed E-state index contributed by atoms with van der Waals surface area (Å²) >= 11 is 3.11. The van der Waals surface area contributed by atoms with E-state index in [9.17, 15) is 0 Å². The molecule has 2 heterocycles. The molecule has 0 radical (unpaired) electrons. The summed E-state index contributed by atoms with van der Waals surface area (Å²) in [6.07, 6.45) is 2.77. The summed E-state index contributed by atoms with van der Waals surface area (Å²) in [5.41, 5.74) is 0. The molecule has 86 valence electrons. The van der Waals surface area contributed by atoms with Crippen molar-refractivity contribution in [2.45, 2.75) is 26.2 Å². The van der Waals surface area contributed by atoms with Gasteiger partial charge < -0.3 is 5.32 Å². The summed E-state index contributed by atoms with van der Waals surface area (Å²) < 4.78 is 4.29. The van der Waals surface area contributed by atoms with E-state index in [4.69, 9.17) is 0 Å². The minimum absolute atomic E-state index is 0.394. The Morgan fingerprint density at radius 2 is 2.31 bits per heavy atom. The van der Waals surface area contributed by atoms with Crippen LogP contribution in [-0.4, -0.2) is 20.9 Å². The Hall–Kier alpha value is -1.01. The number of anilines is 1. The summed E-state index contributed by atoms with van der Waals surface area (Å²) in [5, 5.41) is 7.32. The monoisotopic (exact) mass is 254 g/mol. The number of hydrogen-bond acceptors (Lipinski definition) is 6. The minimum Gasteiger partial charge on any atom is -0.360 e. The third-order valence-electron chi connectivity index (χ3n) is 2.06. The topological polar surface area (TPSA) is 50.7 Å². The Kier molecular flexibility index (Phi) is 3.84. The maximum atomic E-state index is 4.41. The average Bonchev–Trinajstić information content (AvgIpc) is 2.87. The highest BCUT2D eigenvalue weighted by atomic mass is 32.1. The highest BCUT2D eigenvalue weighted by Gasteiger charge is 2.06. The van der Waals surface area contributed by atoms with Crippen molar-refractivity contribution in [3.63, 3.8) is 0 Å². The Morgan fingerprint density at radius 3 is 2.94 bits per heavy atom. The van der Waals surface area contributed by atoms with Gasteiger partial charge in [-0.15, -0.1) is 11.3 Å². The molecular formula is C10H14N4S2. The lowest BCUT2D eigenvalue weighted by atomic mass is 10.2. The summed E-state index contributed by atoms with van der Waals surface area (Å²) in [6.45, 7) is 5.06. The second-order valence-corrected chi connectivity index (χ2v) is 5.45.